The molecule has 35 heavy (non-hydrogen) atoms. The number of nitrogens with zero attached hydrogens (tertiary/aromatic N) is 4. The number of amides is 1. The number of anilines is 2. The van der Waals surface area contributed by atoms with Gasteiger partial charge in [0.2, 0.25) is 5.91 Å². The van der Waals surface area contributed by atoms with E-state index in [4.69, 9.17) is 21.1 Å². The van der Waals surface area contributed by atoms with E-state index in [-0.39, 0.29) is 28.8 Å². The molecule has 5 rings (SSSR count). The van der Waals surface area contributed by atoms with Crippen LogP contribution in [0.2, 0.25) is 5.02 Å². The fraction of sp³-hybridized carbons (Fsp3) is 0.400. The zero-order valence-corrected chi connectivity index (χ0v) is 20.4. The number of carbonyl (C=O) groups is 1. The monoisotopic (exact) mass is 499 g/mol. The predicted molar refractivity (Wildman–Crippen MR) is 132 cm³/mol. The van der Waals surface area contributed by atoms with Crippen LogP contribution in [0, 0.1) is 5.82 Å². The summed E-state index contributed by atoms with van der Waals surface area (Å²) in [6.07, 6.45) is 3.93. The topological polar surface area (TPSA) is 79.8 Å². The first-order valence-electron chi connectivity index (χ1n) is 11.6. The van der Waals surface area contributed by atoms with Crippen molar-refractivity contribution in [3.8, 4) is 11.5 Å². The molecular formula is C25H27ClFN5O3. The number of aromatic nitrogens is 2. The largest absolute Gasteiger partial charge is 0.493 e. The standard InChI is InChI=1S/C25H27ClFN5O3/c1-31-13-15(10-20(31)25(33)32-8-3-4-9-32)35-22-11-16-19(12-21(22)34-2)28-14-29-24(16)30-18-7-5-6-17(26)23(18)27/h5-7,11-12,14-15,20H,3-4,8-10,13H2,1-2H3,(H,28,29,30)/t15-,20+/m0/s1. The second-order valence-corrected chi connectivity index (χ2v) is 9.34. The lowest BCUT2D eigenvalue weighted by atomic mass is 10.1. The molecule has 0 aliphatic carbocycles. The summed E-state index contributed by atoms with van der Waals surface area (Å²) in [5, 5.41) is 3.66. The van der Waals surface area contributed by atoms with Crippen molar-refractivity contribution in [3.05, 3.63) is 47.5 Å². The molecular weight excluding hydrogens is 473 g/mol. The van der Waals surface area contributed by atoms with Gasteiger partial charge in [-0.1, -0.05) is 17.7 Å². The highest BCUT2D eigenvalue weighted by atomic mass is 35.5. The van der Waals surface area contributed by atoms with Crippen molar-refractivity contribution in [1.29, 1.82) is 0 Å². The number of halogens is 2. The Morgan fingerprint density at radius 3 is 2.77 bits per heavy atom. The minimum Gasteiger partial charge on any atom is -0.493 e. The summed E-state index contributed by atoms with van der Waals surface area (Å²) in [4.78, 5) is 25.6. The quantitative estimate of drug-likeness (QED) is 0.543. The first-order valence-corrected chi connectivity index (χ1v) is 12.0. The molecule has 2 fully saturated rings. The van der Waals surface area contributed by atoms with Gasteiger partial charge in [-0.3, -0.25) is 9.69 Å². The maximum atomic E-state index is 14.5. The Bertz CT molecular complexity index is 1250. The molecule has 3 heterocycles. The van der Waals surface area contributed by atoms with E-state index in [1.54, 1.807) is 31.4 Å². The van der Waals surface area contributed by atoms with Crippen molar-refractivity contribution >= 4 is 39.9 Å². The van der Waals surface area contributed by atoms with Gasteiger partial charge in [-0.05, 0) is 38.1 Å². The van der Waals surface area contributed by atoms with Gasteiger partial charge < -0.3 is 19.7 Å². The number of likely N-dealkylation sites (N-methyl/N-ethyl adjacent to an activating group) is 1. The summed E-state index contributed by atoms with van der Waals surface area (Å²) < 4.78 is 26.4. The van der Waals surface area contributed by atoms with Gasteiger partial charge in [0.1, 0.15) is 18.2 Å². The van der Waals surface area contributed by atoms with E-state index in [0.717, 1.165) is 25.9 Å². The number of methoxy groups -OCH3 is 1. The molecule has 1 aromatic heterocycles. The molecule has 8 nitrogen and oxygen atoms in total. The van der Waals surface area contributed by atoms with Crippen LogP contribution in [0.25, 0.3) is 10.9 Å². The van der Waals surface area contributed by atoms with Crippen LogP contribution < -0.4 is 14.8 Å². The Morgan fingerprint density at radius 2 is 2.00 bits per heavy atom. The predicted octanol–water partition coefficient (Wildman–Crippen LogP) is 4.25. The van der Waals surface area contributed by atoms with Gasteiger partial charge in [-0.2, -0.15) is 0 Å². The van der Waals surface area contributed by atoms with Crippen LogP contribution in [0.1, 0.15) is 19.3 Å². The Labute approximate surface area is 208 Å². The normalized spacial score (nSPS) is 20.4. The molecule has 2 aromatic carbocycles. The number of hydrogen-bond donors (Lipinski definition) is 1. The summed E-state index contributed by atoms with van der Waals surface area (Å²) >= 11 is 5.93. The summed E-state index contributed by atoms with van der Waals surface area (Å²) in [6.45, 7) is 2.28. The highest BCUT2D eigenvalue weighted by Gasteiger charge is 2.38. The smallest absolute Gasteiger partial charge is 0.240 e. The first-order chi connectivity index (χ1) is 16.9. The van der Waals surface area contributed by atoms with Crippen LogP contribution in [0.3, 0.4) is 0 Å². The van der Waals surface area contributed by atoms with Crippen molar-refractivity contribution in [2.75, 3.05) is 39.1 Å². The molecule has 184 valence electrons. The molecule has 0 radical (unpaired) electrons. The number of likely N-dealkylation sites (tertiary alicyclic amines) is 2. The minimum absolute atomic E-state index is 0.0161. The van der Waals surface area contributed by atoms with Crippen molar-refractivity contribution < 1.29 is 18.7 Å². The zero-order valence-electron chi connectivity index (χ0n) is 19.6. The molecule has 3 aromatic rings. The lowest BCUT2D eigenvalue weighted by Gasteiger charge is -2.24. The number of carbonyl (C=O) groups excluding carboxylic acids is 1. The van der Waals surface area contributed by atoms with Crippen LogP contribution >= 0.6 is 11.6 Å². The van der Waals surface area contributed by atoms with Crippen molar-refractivity contribution in [1.82, 2.24) is 19.8 Å². The molecule has 0 unspecified atom stereocenters. The molecule has 2 saturated heterocycles. The van der Waals surface area contributed by atoms with Gasteiger partial charge >= 0.3 is 0 Å². The van der Waals surface area contributed by atoms with Crippen molar-refractivity contribution in [3.63, 3.8) is 0 Å². The van der Waals surface area contributed by atoms with E-state index in [0.29, 0.717) is 41.2 Å². The van der Waals surface area contributed by atoms with E-state index >= 15 is 0 Å². The van der Waals surface area contributed by atoms with Gasteiger partial charge in [-0.15, -0.1) is 0 Å². The number of hydrogen-bond acceptors (Lipinski definition) is 7. The number of benzene rings is 2. The average Bonchev–Trinajstić information content (AvgIpc) is 3.51. The number of nitrogens with one attached hydrogen (secondary N) is 1. The third kappa shape index (κ3) is 4.70. The molecule has 2 aliphatic heterocycles. The fourth-order valence-electron chi connectivity index (χ4n) is 4.80. The molecule has 0 spiro atoms. The lowest BCUT2D eigenvalue weighted by molar-refractivity contribution is -0.134. The summed E-state index contributed by atoms with van der Waals surface area (Å²) in [7, 11) is 3.52. The summed E-state index contributed by atoms with van der Waals surface area (Å²) in [5.41, 5.74) is 0.816. The number of rotatable bonds is 6. The SMILES string of the molecule is COc1cc2ncnc(Nc3cccc(Cl)c3F)c2cc1O[C@H]1C[C@H](C(=O)N2CCCC2)N(C)C1. The summed E-state index contributed by atoms with van der Waals surface area (Å²) in [6, 6.07) is 8.08. The molecule has 10 heteroatoms. The van der Waals surface area contributed by atoms with Crippen LogP contribution in [-0.2, 0) is 4.79 Å². The van der Waals surface area contributed by atoms with E-state index in [9.17, 15) is 9.18 Å². The Kier molecular flexibility index (Phi) is 6.62. The second kappa shape index (κ2) is 9.83. The molecule has 0 saturated carbocycles. The van der Waals surface area contributed by atoms with Gasteiger partial charge in [0.25, 0.3) is 0 Å². The van der Waals surface area contributed by atoms with E-state index in [1.165, 1.54) is 12.4 Å². The summed E-state index contributed by atoms with van der Waals surface area (Å²) in [5.74, 6) is 1.05. The van der Waals surface area contributed by atoms with E-state index in [2.05, 4.69) is 20.2 Å². The third-order valence-corrected chi connectivity index (χ3v) is 6.92. The first kappa shape index (κ1) is 23.6. The Hall–Kier alpha value is -3.17. The molecule has 1 N–H and O–H groups in total. The van der Waals surface area contributed by atoms with Crippen LogP contribution in [0.15, 0.2) is 36.7 Å². The molecule has 2 atom stereocenters. The zero-order chi connectivity index (χ0) is 24.5. The highest BCUT2D eigenvalue weighted by Crippen LogP contribution is 2.37. The Balaban J connectivity index is 1.41. The van der Waals surface area contributed by atoms with Gasteiger partial charge in [0, 0.05) is 37.5 Å². The maximum absolute atomic E-state index is 14.5. The van der Waals surface area contributed by atoms with Crippen molar-refractivity contribution in [2.24, 2.45) is 0 Å². The number of ether oxygens (including phenoxy) is 2. The van der Waals surface area contributed by atoms with Crippen molar-refractivity contribution in [2.45, 2.75) is 31.4 Å². The highest BCUT2D eigenvalue weighted by molar-refractivity contribution is 6.31. The average molecular weight is 500 g/mol. The second-order valence-electron chi connectivity index (χ2n) is 8.93. The van der Waals surface area contributed by atoms with Gasteiger partial charge in [0.05, 0.1) is 29.4 Å². The number of fused-ring (bicyclic) bond motifs is 1. The van der Waals surface area contributed by atoms with Gasteiger partial charge in [-0.25, -0.2) is 14.4 Å². The molecule has 0 bridgehead atoms. The molecule has 1 amide bonds. The fourth-order valence-corrected chi connectivity index (χ4v) is 4.97. The van der Waals surface area contributed by atoms with E-state index < -0.39 is 5.82 Å². The minimum atomic E-state index is -0.561. The third-order valence-electron chi connectivity index (χ3n) is 6.63. The lowest BCUT2D eigenvalue weighted by Crippen LogP contribution is -2.42. The maximum Gasteiger partial charge on any atom is 0.240 e. The van der Waals surface area contributed by atoms with Crippen LogP contribution in [-0.4, -0.2) is 71.6 Å². The Morgan fingerprint density at radius 1 is 1.20 bits per heavy atom. The van der Waals surface area contributed by atoms with Gasteiger partial charge in [0.15, 0.2) is 17.3 Å². The molecule has 2 aliphatic rings. The van der Waals surface area contributed by atoms with E-state index in [1.807, 2.05) is 11.9 Å². The van der Waals surface area contributed by atoms with Crippen LogP contribution in [0.4, 0.5) is 15.9 Å². The van der Waals surface area contributed by atoms with Crippen LogP contribution in [0.5, 0.6) is 11.5 Å².